The average molecular weight is 355 g/mol. The summed E-state index contributed by atoms with van der Waals surface area (Å²) >= 11 is 0. The van der Waals surface area contributed by atoms with E-state index >= 15 is 0 Å². The Morgan fingerprint density at radius 3 is 2.27 bits per heavy atom. The molecule has 4 saturated carbocycles. The standard InChI is InChI=1S/C22H29NO3/c1-14-3-4-19(15(2)5-14)23-20(24)13-26-21(25)12-22-9-16-6-17(10-22)8-18(7-16)11-22/h3-5,16-18H,6-13H2,1-2H3,(H,23,24). The van der Waals surface area contributed by atoms with E-state index in [2.05, 4.69) is 5.32 Å². The smallest absolute Gasteiger partial charge is 0.306 e. The molecule has 0 atom stereocenters. The van der Waals surface area contributed by atoms with Crippen molar-refractivity contribution in [3.8, 4) is 0 Å². The van der Waals surface area contributed by atoms with Crippen LogP contribution >= 0.6 is 0 Å². The van der Waals surface area contributed by atoms with Gasteiger partial charge in [-0.2, -0.15) is 0 Å². The lowest BCUT2D eigenvalue weighted by atomic mass is 9.49. The Morgan fingerprint density at radius 1 is 1.08 bits per heavy atom. The molecule has 0 unspecified atom stereocenters. The third kappa shape index (κ3) is 3.65. The Morgan fingerprint density at radius 2 is 1.69 bits per heavy atom. The summed E-state index contributed by atoms with van der Waals surface area (Å²) in [6.07, 6.45) is 8.15. The van der Waals surface area contributed by atoms with Gasteiger partial charge in [-0.15, -0.1) is 0 Å². The van der Waals surface area contributed by atoms with E-state index in [1.807, 2.05) is 32.0 Å². The Kier molecular flexibility index (Phi) is 4.54. The lowest BCUT2D eigenvalue weighted by molar-refractivity contribution is -0.154. The fourth-order valence-electron chi connectivity index (χ4n) is 6.15. The number of aryl methyl sites for hydroxylation is 2. The van der Waals surface area contributed by atoms with Gasteiger partial charge in [0.15, 0.2) is 6.61 Å². The van der Waals surface area contributed by atoms with Crippen LogP contribution in [0.4, 0.5) is 5.69 Å². The molecule has 140 valence electrons. The van der Waals surface area contributed by atoms with Gasteiger partial charge in [-0.05, 0) is 87.2 Å². The van der Waals surface area contributed by atoms with E-state index < -0.39 is 0 Å². The van der Waals surface area contributed by atoms with E-state index in [4.69, 9.17) is 4.74 Å². The SMILES string of the molecule is Cc1ccc(NC(=O)COC(=O)CC23CC4CC(CC(C4)C2)C3)c(C)c1. The summed E-state index contributed by atoms with van der Waals surface area (Å²) in [6.45, 7) is 3.78. The number of rotatable bonds is 5. The minimum atomic E-state index is -0.268. The second-order valence-electron chi connectivity index (χ2n) is 9.12. The molecular formula is C22H29NO3. The molecule has 1 amide bonds. The van der Waals surface area contributed by atoms with E-state index in [9.17, 15) is 9.59 Å². The number of benzene rings is 1. The first-order valence-corrected chi connectivity index (χ1v) is 9.93. The Hall–Kier alpha value is -1.84. The maximum absolute atomic E-state index is 12.4. The van der Waals surface area contributed by atoms with Crippen LogP contribution in [0.1, 0.15) is 56.1 Å². The van der Waals surface area contributed by atoms with Crippen LogP contribution in [-0.4, -0.2) is 18.5 Å². The number of hydrogen-bond acceptors (Lipinski definition) is 3. The molecule has 0 aromatic heterocycles. The summed E-state index contributed by atoms with van der Waals surface area (Å²) in [7, 11) is 0. The van der Waals surface area contributed by atoms with Gasteiger partial charge in [0.1, 0.15) is 0 Å². The number of carbonyl (C=O) groups excluding carboxylic acids is 2. The van der Waals surface area contributed by atoms with Crippen LogP contribution in [0, 0.1) is 37.0 Å². The fraction of sp³-hybridized carbons (Fsp3) is 0.636. The zero-order valence-electron chi connectivity index (χ0n) is 15.8. The average Bonchev–Trinajstić information content (AvgIpc) is 2.54. The predicted octanol–water partition coefficient (Wildman–Crippen LogP) is 4.39. The molecule has 4 fully saturated rings. The van der Waals surface area contributed by atoms with Gasteiger partial charge in [0.2, 0.25) is 0 Å². The Bertz CT molecular complexity index is 689. The van der Waals surface area contributed by atoms with Crippen LogP contribution in [0.5, 0.6) is 0 Å². The lowest BCUT2D eigenvalue weighted by Crippen LogP contribution is -2.47. The second kappa shape index (κ2) is 6.71. The van der Waals surface area contributed by atoms with Gasteiger partial charge in [-0.1, -0.05) is 17.7 Å². The highest BCUT2D eigenvalue weighted by atomic mass is 16.5. The van der Waals surface area contributed by atoms with Crippen molar-refractivity contribution in [2.45, 2.75) is 58.8 Å². The van der Waals surface area contributed by atoms with E-state index in [1.54, 1.807) is 0 Å². The molecule has 4 aliphatic rings. The molecule has 5 rings (SSSR count). The molecule has 4 bridgehead atoms. The van der Waals surface area contributed by atoms with Crippen molar-refractivity contribution in [2.24, 2.45) is 23.2 Å². The van der Waals surface area contributed by atoms with Gasteiger partial charge in [0, 0.05) is 5.69 Å². The summed E-state index contributed by atoms with van der Waals surface area (Å²) in [5, 5.41) is 2.84. The molecule has 4 heteroatoms. The maximum atomic E-state index is 12.4. The van der Waals surface area contributed by atoms with Gasteiger partial charge in [0.25, 0.3) is 5.91 Å². The molecule has 1 aromatic rings. The first-order chi connectivity index (χ1) is 12.4. The van der Waals surface area contributed by atoms with Crippen LogP contribution in [-0.2, 0) is 14.3 Å². The largest absolute Gasteiger partial charge is 0.456 e. The van der Waals surface area contributed by atoms with Crippen molar-refractivity contribution in [1.29, 1.82) is 0 Å². The summed E-state index contributed by atoms with van der Waals surface area (Å²) in [6, 6.07) is 5.87. The van der Waals surface area contributed by atoms with Crippen LogP contribution in [0.25, 0.3) is 0 Å². The quantitative estimate of drug-likeness (QED) is 0.797. The van der Waals surface area contributed by atoms with Crippen molar-refractivity contribution in [3.63, 3.8) is 0 Å². The van der Waals surface area contributed by atoms with Crippen LogP contribution < -0.4 is 5.32 Å². The molecule has 0 spiro atoms. The Labute approximate surface area is 155 Å². The highest BCUT2D eigenvalue weighted by Gasteiger charge is 2.51. The number of anilines is 1. The topological polar surface area (TPSA) is 55.4 Å². The molecule has 4 aliphatic carbocycles. The van der Waals surface area contributed by atoms with E-state index in [-0.39, 0.29) is 23.9 Å². The zero-order chi connectivity index (χ0) is 18.3. The van der Waals surface area contributed by atoms with E-state index in [0.717, 1.165) is 34.6 Å². The van der Waals surface area contributed by atoms with Crippen molar-refractivity contribution >= 4 is 17.6 Å². The van der Waals surface area contributed by atoms with Gasteiger partial charge >= 0.3 is 5.97 Å². The van der Waals surface area contributed by atoms with Crippen molar-refractivity contribution in [1.82, 2.24) is 0 Å². The summed E-state index contributed by atoms with van der Waals surface area (Å²) in [5.74, 6) is 1.99. The van der Waals surface area contributed by atoms with Gasteiger partial charge in [0.05, 0.1) is 6.42 Å². The van der Waals surface area contributed by atoms with E-state index in [0.29, 0.717) is 6.42 Å². The minimum absolute atomic E-state index is 0.163. The number of esters is 1. The van der Waals surface area contributed by atoms with Crippen molar-refractivity contribution in [3.05, 3.63) is 29.3 Å². The van der Waals surface area contributed by atoms with E-state index in [1.165, 1.54) is 38.5 Å². The Balaban J connectivity index is 1.28. The number of nitrogens with one attached hydrogen (secondary N) is 1. The van der Waals surface area contributed by atoms with Crippen LogP contribution in [0.15, 0.2) is 18.2 Å². The van der Waals surface area contributed by atoms with Crippen molar-refractivity contribution in [2.75, 3.05) is 11.9 Å². The molecule has 1 aromatic carbocycles. The molecule has 0 saturated heterocycles. The first-order valence-electron chi connectivity index (χ1n) is 9.93. The minimum Gasteiger partial charge on any atom is -0.456 e. The fourth-order valence-corrected chi connectivity index (χ4v) is 6.15. The summed E-state index contributed by atoms with van der Waals surface area (Å²) in [5.41, 5.74) is 3.11. The highest BCUT2D eigenvalue weighted by molar-refractivity contribution is 5.93. The number of amides is 1. The van der Waals surface area contributed by atoms with Gasteiger partial charge < -0.3 is 10.1 Å². The van der Waals surface area contributed by atoms with Gasteiger partial charge in [-0.25, -0.2) is 0 Å². The predicted molar refractivity (Wildman–Crippen MR) is 101 cm³/mol. The molecular weight excluding hydrogens is 326 g/mol. The van der Waals surface area contributed by atoms with Crippen LogP contribution in [0.2, 0.25) is 0 Å². The third-order valence-corrected chi connectivity index (χ3v) is 6.70. The number of carbonyl (C=O) groups is 2. The third-order valence-electron chi connectivity index (χ3n) is 6.70. The molecule has 26 heavy (non-hydrogen) atoms. The van der Waals surface area contributed by atoms with Gasteiger partial charge in [-0.3, -0.25) is 9.59 Å². The second-order valence-corrected chi connectivity index (χ2v) is 9.12. The molecule has 4 nitrogen and oxygen atoms in total. The summed E-state index contributed by atoms with van der Waals surface area (Å²) in [4.78, 5) is 24.5. The lowest BCUT2D eigenvalue weighted by Gasteiger charge is -2.56. The molecule has 0 aliphatic heterocycles. The highest BCUT2D eigenvalue weighted by Crippen LogP contribution is 2.61. The monoisotopic (exact) mass is 355 g/mol. The molecule has 1 N–H and O–H groups in total. The zero-order valence-corrected chi connectivity index (χ0v) is 15.8. The molecule has 0 heterocycles. The van der Waals surface area contributed by atoms with Crippen LogP contribution in [0.3, 0.4) is 0 Å². The first kappa shape index (κ1) is 17.6. The summed E-state index contributed by atoms with van der Waals surface area (Å²) < 4.78 is 5.33. The van der Waals surface area contributed by atoms with Crippen molar-refractivity contribution < 1.29 is 14.3 Å². The normalized spacial score (nSPS) is 31.7. The molecule has 0 radical (unpaired) electrons. The number of ether oxygens (including phenoxy) is 1. The number of hydrogen-bond donors (Lipinski definition) is 1. The maximum Gasteiger partial charge on any atom is 0.306 e.